The first-order chi connectivity index (χ1) is 10.6. The van der Waals surface area contributed by atoms with Crippen LogP contribution in [0.5, 0.6) is 0 Å². The van der Waals surface area contributed by atoms with Crippen molar-refractivity contribution in [3.63, 3.8) is 0 Å². The van der Waals surface area contributed by atoms with Gasteiger partial charge in [0.15, 0.2) is 11.2 Å². The molecule has 2 rings (SSSR count). The second-order valence-electron chi connectivity index (χ2n) is 4.97. The summed E-state index contributed by atoms with van der Waals surface area (Å²) in [5.41, 5.74) is 5.86. The lowest BCUT2D eigenvalue weighted by molar-refractivity contribution is 0.186. The molecule has 0 radical (unpaired) electrons. The van der Waals surface area contributed by atoms with Crippen molar-refractivity contribution < 1.29 is 4.74 Å². The Bertz CT molecular complexity index is 771. The quantitative estimate of drug-likeness (QED) is 0.747. The summed E-state index contributed by atoms with van der Waals surface area (Å²) in [7, 11) is 1.57. The van der Waals surface area contributed by atoms with Crippen LogP contribution >= 0.6 is 0 Å². The molecule has 0 saturated heterocycles. The zero-order valence-corrected chi connectivity index (χ0v) is 13.3. The lowest BCUT2D eigenvalue weighted by Crippen LogP contribution is -2.40. The molecule has 0 spiro atoms. The minimum absolute atomic E-state index is 0.309. The fraction of sp³-hybridized carbons (Fsp3) is 0.643. The van der Waals surface area contributed by atoms with Gasteiger partial charge in [0.1, 0.15) is 5.82 Å². The summed E-state index contributed by atoms with van der Waals surface area (Å²) < 4.78 is 9.63. The van der Waals surface area contributed by atoms with Gasteiger partial charge in [0, 0.05) is 33.2 Å². The Morgan fingerprint density at radius 2 is 1.86 bits per heavy atom. The van der Waals surface area contributed by atoms with E-state index in [0.29, 0.717) is 50.4 Å². The van der Waals surface area contributed by atoms with Crippen molar-refractivity contribution in [2.24, 2.45) is 5.73 Å². The number of nitrogens with two attached hydrogens (primary N) is 1. The lowest BCUT2D eigenvalue weighted by atomic mass is 10.4. The first-order valence-electron chi connectivity index (χ1n) is 7.52. The Morgan fingerprint density at radius 1 is 1.14 bits per heavy atom. The molecule has 0 aliphatic rings. The third-order valence-electron chi connectivity index (χ3n) is 3.70. The van der Waals surface area contributed by atoms with Gasteiger partial charge in [-0.05, 0) is 6.92 Å². The SMILES string of the molecule is CCc1nc2c(c(=O)n(CC)c(=O)n2CCOC)n1CCN. The van der Waals surface area contributed by atoms with Crippen LogP contribution in [0.4, 0.5) is 0 Å². The summed E-state index contributed by atoms with van der Waals surface area (Å²) in [6.07, 6.45) is 0.665. The zero-order chi connectivity index (χ0) is 16.3. The molecule has 0 bridgehead atoms. The number of hydrogen-bond acceptors (Lipinski definition) is 5. The van der Waals surface area contributed by atoms with E-state index >= 15 is 0 Å². The fourth-order valence-corrected chi connectivity index (χ4v) is 2.64. The number of rotatable bonds is 7. The number of nitrogens with zero attached hydrogens (tertiary/aromatic N) is 4. The molecule has 8 nitrogen and oxygen atoms in total. The molecule has 0 aliphatic heterocycles. The van der Waals surface area contributed by atoms with E-state index in [1.54, 1.807) is 14.0 Å². The molecule has 8 heteroatoms. The third-order valence-corrected chi connectivity index (χ3v) is 3.70. The van der Waals surface area contributed by atoms with Gasteiger partial charge >= 0.3 is 5.69 Å². The maximum absolute atomic E-state index is 12.6. The number of fused-ring (bicyclic) bond motifs is 1. The summed E-state index contributed by atoms with van der Waals surface area (Å²) in [5, 5.41) is 0. The van der Waals surface area contributed by atoms with E-state index in [-0.39, 0.29) is 11.2 Å². The van der Waals surface area contributed by atoms with E-state index in [0.717, 1.165) is 5.82 Å². The number of ether oxygens (including phenoxy) is 1. The van der Waals surface area contributed by atoms with Gasteiger partial charge in [0.25, 0.3) is 5.56 Å². The van der Waals surface area contributed by atoms with Crippen LogP contribution in [0.2, 0.25) is 0 Å². The molecule has 0 atom stereocenters. The Hall–Kier alpha value is -1.93. The maximum atomic E-state index is 12.6. The molecule has 2 N–H and O–H groups in total. The second-order valence-corrected chi connectivity index (χ2v) is 4.97. The van der Waals surface area contributed by atoms with Crippen LogP contribution in [-0.4, -0.2) is 38.9 Å². The summed E-state index contributed by atoms with van der Waals surface area (Å²) in [4.78, 5) is 29.7. The average molecular weight is 309 g/mol. The number of imidazole rings is 1. The second kappa shape index (κ2) is 6.89. The Kier molecular flexibility index (Phi) is 5.15. The third kappa shape index (κ3) is 2.59. The van der Waals surface area contributed by atoms with Crippen LogP contribution in [0.15, 0.2) is 9.59 Å². The minimum Gasteiger partial charge on any atom is -0.383 e. The Morgan fingerprint density at radius 3 is 2.41 bits per heavy atom. The highest BCUT2D eigenvalue weighted by Crippen LogP contribution is 2.12. The van der Waals surface area contributed by atoms with Crippen molar-refractivity contribution in [3.8, 4) is 0 Å². The molecule has 22 heavy (non-hydrogen) atoms. The van der Waals surface area contributed by atoms with Crippen LogP contribution in [0.3, 0.4) is 0 Å². The van der Waals surface area contributed by atoms with Crippen LogP contribution < -0.4 is 17.0 Å². The molecule has 2 aromatic rings. The molecule has 2 aromatic heterocycles. The lowest BCUT2D eigenvalue weighted by Gasteiger charge is -2.11. The molecular weight excluding hydrogens is 286 g/mol. The van der Waals surface area contributed by atoms with Crippen LogP contribution in [0, 0.1) is 0 Å². The van der Waals surface area contributed by atoms with E-state index < -0.39 is 0 Å². The van der Waals surface area contributed by atoms with E-state index in [9.17, 15) is 9.59 Å². The molecule has 0 aliphatic carbocycles. The van der Waals surface area contributed by atoms with Crippen LogP contribution in [0.1, 0.15) is 19.7 Å². The molecule has 2 heterocycles. The molecular formula is C14H23N5O3. The topological polar surface area (TPSA) is 97.1 Å². The highest BCUT2D eigenvalue weighted by Gasteiger charge is 2.19. The van der Waals surface area contributed by atoms with E-state index in [1.807, 2.05) is 11.5 Å². The molecule has 0 amide bonds. The summed E-state index contributed by atoms with van der Waals surface area (Å²) in [6.45, 7) is 5.69. The normalized spacial score (nSPS) is 11.5. The molecule has 0 unspecified atom stereocenters. The van der Waals surface area contributed by atoms with Gasteiger partial charge in [-0.3, -0.25) is 13.9 Å². The first-order valence-corrected chi connectivity index (χ1v) is 7.52. The van der Waals surface area contributed by atoms with Crippen molar-refractivity contribution >= 4 is 11.2 Å². The van der Waals surface area contributed by atoms with Crippen molar-refractivity contribution in [1.29, 1.82) is 0 Å². The first kappa shape index (κ1) is 16.4. The average Bonchev–Trinajstić information content (AvgIpc) is 2.87. The Balaban J connectivity index is 2.88. The molecule has 122 valence electrons. The number of methoxy groups -OCH3 is 1. The predicted octanol–water partition coefficient (Wildman–Crippen LogP) is -0.453. The highest BCUT2D eigenvalue weighted by molar-refractivity contribution is 5.71. The minimum atomic E-state index is -0.350. The largest absolute Gasteiger partial charge is 0.383 e. The summed E-state index contributed by atoms with van der Waals surface area (Å²) in [5.74, 6) is 0.761. The van der Waals surface area contributed by atoms with Gasteiger partial charge in [-0.1, -0.05) is 6.92 Å². The molecule has 0 saturated carbocycles. The van der Waals surface area contributed by atoms with Crippen molar-refractivity contribution in [3.05, 3.63) is 26.7 Å². The molecule has 0 aromatic carbocycles. The number of hydrogen-bond donors (Lipinski definition) is 1. The van der Waals surface area contributed by atoms with Crippen molar-refractivity contribution in [2.75, 3.05) is 20.3 Å². The van der Waals surface area contributed by atoms with Gasteiger partial charge in [-0.2, -0.15) is 0 Å². The molecule has 0 fully saturated rings. The van der Waals surface area contributed by atoms with Crippen LogP contribution in [0.25, 0.3) is 11.2 Å². The zero-order valence-electron chi connectivity index (χ0n) is 13.3. The van der Waals surface area contributed by atoms with Crippen molar-refractivity contribution in [1.82, 2.24) is 18.7 Å². The standard InChI is InChI=1S/C14H23N5O3/c1-4-10-16-12-11(18(10)7-6-15)13(20)17(5-2)14(21)19(12)8-9-22-3/h4-9,15H2,1-3H3. The van der Waals surface area contributed by atoms with Gasteiger partial charge < -0.3 is 15.0 Å². The fourth-order valence-electron chi connectivity index (χ4n) is 2.64. The highest BCUT2D eigenvalue weighted by atomic mass is 16.5. The van der Waals surface area contributed by atoms with Gasteiger partial charge in [0.2, 0.25) is 0 Å². The maximum Gasteiger partial charge on any atom is 0.332 e. The number of aromatic nitrogens is 4. The van der Waals surface area contributed by atoms with Gasteiger partial charge in [-0.15, -0.1) is 0 Å². The Labute approximate surface area is 128 Å². The number of aryl methyl sites for hydroxylation is 1. The summed E-state index contributed by atoms with van der Waals surface area (Å²) in [6, 6.07) is 0. The van der Waals surface area contributed by atoms with Crippen LogP contribution in [-0.2, 0) is 30.8 Å². The van der Waals surface area contributed by atoms with Crippen molar-refractivity contribution in [2.45, 2.75) is 39.9 Å². The monoisotopic (exact) mass is 309 g/mol. The van der Waals surface area contributed by atoms with E-state index in [1.165, 1.54) is 9.13 Å². The van der Waals surface area contributed by atoms with E-state index in [4.69, 9.17) is 10.5 Å². The van der Waals surface area contributed by atoms with Gasteiger partial charge in [-0.25, -0.2) is 9.78 Å². The predicted molar refractivity (Wildman–Crippen MR) is 84.2 cm³/mol. The van der Waals surface area contributed by atoms with E-state index in [2.05, 4.69) is 4.98 Å². The smallest absolute Gasteiger partial charge is 0.332 e. The summed E-state index contributed by atoms with van der Waals surface area (Å²) >= 11 is 0. The van der Waals surface area contributed by atoms with Gasteiger partial charge in [0.05, 0.1) is 13.2 Å².